The van der Waals surface area contributed by atoms with E-state index >= 15 is 0 Å². The number of ether oxygens (including phenoxy) is 1. The number of fused-ring (bicyclic) bond motifs is 1. The number of nitriles is 1. The molecule has 0 aliphatic rings. The maximum absolute atomic E-state index is 11.8. The number of amides is 1. The minimum absolute atomic E-state index is 0.211. The first-order chi connectivity index (χ1) is 10.2. The van der Waals surface area contributed by atoms with Gasteiger partial charge in [0.2, 0.25) is 0 Å². The van der Waals surface area contributed by atoms with E-state index in [-0.39, 0.29) is 19.6 Å². The first kappa shape index (κ1) is 14.4. The zero-order valence-corrected chi connectivity index (χ0v) is 11.1. The molecule has 2 rings (SSSR count). The molecule has 1 amide bonds. The van der Waals surface area contributed by atoms with Crippen LogP contribution in [0.1, 0.15) is 16.8 Å². The molecular weight excluding hydrogens is 272 g/mol. The van der Waals surface area contributed by atoms with Crippen LogP contribution in [0, 0.1) is 11.3 Å². The van der Waals surface area contributed by atoms with Crippen LogP contribution in [0.4, 0.5) is 0 Å². The van der Waals surface area contributed by atoms with E-state index in [1.165, 1.54) is 6.20 Å². The predicted molar refractivity (Wildman–Crippen MR) is 73.1 cm³/mol. The maximum atomic E-state index is 11.8. The lowest BCUT2D eigenvalue weighted by Gasteiger charge is -2.05. The number of nitrogens with one attached hydrogen (secondary N) is 1. The standard InChI is InChI=1S/C14H12N4O3/c15-4-1-5-18-13(19)9-21-14(20)10-2-3-11-12(8-10)17-7-6-16-11/h2-3,6-8H,1,5,9H2,(H,18,19). The summed E-state index contributed by atoms with van der Waals surface area (Å²) in [7, 11) is 0. The van der Waals surface area contributed by atoms with E-state index in [4.69, 9.17) is 10.00 Å². The van der Waals surface area contributed by atoms with Gasteiger partial charge < -0.3 is 10.1 Å². The van der Waals surface area contributed by atoms with E-state index in [1.807, 2.05) is 6.07 Å². The van der Waals surface area contributed by atoms with Gasteiger partial charge in [-0.2, -0.15) is 5.26 Å². The van der Waals surface area contributed by atoms with E-state index in [1.54, 1.807) is 24.4 Å². The van der Waals surface area contributed by atoms with Crippen molar-refractivity contribution in [3.63, 3.8) is 0 Å². The zero-order chi connectivity index (χ0) is 15.1. The predicted octanol–water partition coefficient (Wildman–Crippen LogP) is 0.816. The molecule has 7 heteroatoms. The van der Waals surface area contributed by atoms with Crippen molar-refractivity contribution >= 4 is 22.9 Å². The number of esters is 1. The second kappa shape index (κ2) is 6.96. The minimum atomic E-state index is -0.613. The molecule has 21 heavy (non-hydrogen) atoms. The van der Waals surface area contributed by atoms with Gasteiger partial charge in [0.15, 0.2) is 6.61 Å². The Morgan fingerprint density at radius 1 is 1.24 bits per heavy atom. The first-order valence-electron chi connectivity index (χ1n) is 6.22. The molecule has 7 nitrogen and oxygen atoms in total. The normalized spacial score (nSPS) is 9.86. The highest BCUT2D eigenvalue weighted by Crippen LogP contribution is 2.11. The Balaban J connectivity index is 1.93. The number of rotatable bonds is 5. The zero-order valence-electron chi connectivity index (χ0n) is 11.1. The second-order valence-electron chi connectivity index (χ2n) is 4.09. The third-order valence-electron chi connectivity index (χ3n) is 2.60. The van der Waals surface area contributed by atoms with E-state index in [0.29, 0.717) is 16.6 Å². The van der Waals surface area contributed by atoms with Crippen molar-refractivity contribution < 1.29 is 14.3 Å². The summed E-state index contributed by atoms with van der Waals surface area (Å²) in [6.07, 6.45) is 3.30. The van der Waals surface area contributed by atoms with Crippen LogP contribution in [-0.2, 0) is 9.53 Å². The molecular formula is C14H12N4O3. The lowest BCUT2D eigenvalue weighted by atomic mass is 10.2. The Morgan fingerprint density at radius 3 is 2.76 bits per heavy atom. The molecule has 0 saturated heterocycles. The fourth-order valence-corrected chi connectivity index (χ4v) is 1.61. The van der Waals surface area contributed by atoms with Gasteiger partial charge in [0, 0.05) is 18.9 Å². The van der Waals surface area contributed by atoms with Crippen molar-refractivity contribution in [2.24, 2.45) is 0 Å². The molecule has 2 aromatic rings. The van der Waals surface area contributed by atoms with E-state index in [2.05, 4.69) is 15.3 Å². The van der Waals surface area contributed by atoms with Crippen molar-refractivity contribution in [1.82, 2.24) is 15.3 Å². The molecule has 1 N–H and O–H groups in total. The molecule has 0 atom stereocenters. The largest absolute Gasteiger partial charge is 0.452 e. The lowest BCUT2D eigenvalue weighted by molar-refractivity contribution is -0.124. The molecule has 0 bridgehead atoms. The van der Waals surface area contributed by atoms with Gasteiger partial charge in [-0.25, -0.2) is 4.79 Å². The summed E-state index contributed by atoms with van der Waals surface area (Å²) in [5, 5.41) is 10.8. The van der Waals surface area contributed by atoms with Gasteiger partial charge >= 0.3 is 5.97 Å². The topological polar surface area (TPSA) is 105 Å². The minimum Gasteiger partial charge on any atom is -0.452 e. The van der Waals surface area contributed by atoms with E-state index < -0.39 is 11.9 Å². The average Bonchev–Trinajstić information content (AvgIpc) is 2.52. The van der Waals surface area contributed by atoms with Crippen LogP contribution in [0.25, 0.3) is 11.0 Å². The van der Waals surface area contributed by atoms with Crippen LogP contribution in [-0.4, -0.2) is 35.0 Å². The number of hydrogen-bond donors (Lipinski definition) is 1. The molecule has 106 valence electrons. The van der Waals surface area contributed by atoms with Crippen molar-refractivity contribution in [3.8, 4) is 6.07 Å². The van der Waals surface area contributed by atoms with Crippen LogP contribution >= 0.6 is 0 Å². The molecule has 0 radical (unpaired) electrons. The van der Waals surface area contributed by atoms with Gasteiger partial charge in [-0.3, -0.25) is 14.8 Å². The summed E-state index contributed by atoms with van der Waals surface area (Å²) >= 11 is 0. The fraction of sp³-hybridized carbons (Fsp3) is 0.214. The van der Waals surface area contributed by atoms with Gasteiger partial charge in [-0.1, -0.05) is 0 Å². The Labute approximate surface area is 120 Å². The van der Waals surface area contributed by atoms with Gasteiger partial charge in [-0.05, 0) is 18.2 Å². The van der Waals surface area contributed by atoms with Crippen molar-refractivity contribution in [3.05, 3.63) is 36.2 Å². The summed E-state index contributed by atoms with van der Waals surface area (Å²) in [6.45, 7) is -0.152. The number of hydrogen-bond acceptors (Lipinski definition) is 6. The van der Waals surface area contributed by atoms with E-state index in [9.17, 15) is 9.59 Å². The third kappa shape index (κ3) is 3.98. The van der Waals surface area contributed by atoms with Gasteiger partial charge in [0.25, 0.3) is 5.91 Å². The SMILES string of the molecule is N#CCCNC(=O)COC(=O)c1ccc2nccnc2c1. The molecule has 0 aliphatic carbocycles. The maximum Gasteiger partial charge on any atom is 0.338 e. The average molecular weight is 284 g/mol. The molecule has 0 spiro atoms. The Kier molecular flexibility index (Phi) is 4.77. The number of carbonyl (C=O) groups is 2. The summed E-state index contributed by atoms with van der Waals surface area (Å²) in [6, 6.07) is 6.67. The Morgan fingerprint density at radius 2 is 2.00 bits per heavy atom. The second-order valence-corrected chi connectivity index (χ2v) is 4.09. The molecule has 1 heterocycles. The highest BCUT2D eigenvalue weighted by molar-refractivity contribution is 5.94. The van der Waals surface area contributed by atoms with Crippen LogP contribution in [0.5, 0.6) is 0 Å². The Bertz CT molecular complexity index is 709. The number of carbonyl (C=O) groups excluding carboxylic acids is 2. The Hall–Kier alpha value is -3.01. The molecule has 1 aromatic carbocycles. The van der Waals surface area contributed by atoms with Crippen molar-refractivity contribution in [2.45, 2.75) is 6.42 Å². The summed E-state index contributed by atoms with van der Waals surface area (Å²) in [5.74, 6) is -1.06. The van der Waals surface area contributed by atoms with Crippen LogP contribution in [0.15, 0.2) is 30.6 Å². The van der Waals surface area contributed by atoms with Gasteiger partial charge in [0.1, 0.15) is 0 Å². The fourth-order valence-electron chi connectivity index (χ4n) is 1.61. The quantitative estimate of drug-likeness (QED) is 0.643. The molecule has 1 aromatic heterocycles. The smallest absolute Gasteiger partial charge is 0.338 e. The van der Waals surface area contributed by atoms with E-state index in [0.717, 1.165) is 0 Å². The van der Waals surface area contributed by atoms with Crippen molar-refractivity contribution in [2.75, 3.05) is 13.2 Å². The monoisotopic (exact) mass is 284 g/mol. The highest BCUT2D eigenvalue weighted by Gasteiger charge is 2.11. The molecule has 0 saturated carbocycles. The molecule has 0 aliphatic heterocycles. The first-order valence-corrected chi connectivity index (χ1v) is 6.22. The molecule has 0 unspecified atom stereocenters. The summed E-state index contributed by atoms with van der Waals surface area (Å²) in [4.78, 5) is 31.3. The third-order valence-corrected chi connectivity index (χ3v) is 2.60. The van der Waals surface area contributed by atoms with Crippen LogP contribution in [0.2, 0.25) is 0 Å². The summed E-state index contributed by atoms with van der Waals surface area (Å²) < 4.78 is 4.89. The number of aromatic nitrogens is 2. The van der Waals surface area contributed by atoms with Crippen molar-refractivity contribution in [1.29, 1.82) is 5.26 Å². The highest BCUT2D eigenvalue weighted by atomic mass is 16.5. The lowest BCUT2D eigenvalue weighted by Crippen LogP contribution is -2.29. The van der Waals surface area contributed by atoms with Crippen LogP contribution in [0.3, 0.4) is 0 Å². The van der Waals surface area contributed by atoms with Gasteiger partial charge in [-0.15, -0.1) is 0 Å². The number of nitrogens with zero attached hydrogens (tertiary/aromatic N) is 3. The summed E-state index contributed by atoms with van der Waals surface area (Å²) in [5.41, 5.74) is 1.54. The van der Waals surface area contributed by atoms with Crippen LogP contribution < -0.4 is 5.32 Å². The number of benzene rings is 1. The molecule has 0 fully saturated rings. The van der Waals surface area contributed by atoms with Gasteiger partial charge in [0.05, 0.1) is 29.1 Å².